The highest BCUT2D eigenvalue weighted by atomic mass is 32.1. The van der Waals surface area contributed by atoms with Crippen LogP contribution in [0.2, 0.25) is 0 Å². The molecule has 1 aromatic carbocycles. The van der Waals surface area contributed by atoms with E-state index in [-0.39, 0.29) is 17.9 Å². The van der Waals surface area contributed by atoms with Crippen LogP contribution in [0.25, 0.3) is 5.57 Å². The SMILES string of the molecule is CC(C)c1ccc(N2C(=O)C(c3cccs3)=C(N(C)C3CCN(C)CC3)C2=O)cc1. The molecule has 0 N–H and O–H groups in total. The van der Waals surface area contributed by atoms with Gasteiger partial charge in [0.05, 0.1) is 11.3 Å². The number of anilines is 1. The van der Waals surface area contributed by atoms with Gasteiger partial charge in [0.2, 0.25) is 0 Å². The molecule has 158 valence electrons. The van der Waals surface area contributed by atoms with E-state index in [1.165, 1.54) is 21.8 Å². The summed E-state index contributed by atoms with van der Waals surface area (Å²) in [6.07, 6.45) is 1.97. The highest BCUT2D eigenvalue weighted by molar-refractivity contribution is 7.11. The Hall–Kier alpha value is -2.44. The predicted octanol–water partition coefficient (Wildman–Crippen LogP) is 4.18. The van der Waals surface area contributed by atoms with Gasteiger partial charge in [0.1, 0.15) is 5.70 Å². The highest BCUT2D eigenvalue weighted by Gasteiger charge is 2.43. The van der Waals surface area contributed by atoms with Gasteiger partial charge < -0.3 is 9.80 Å². The fourth-order valence-electron chi connectivity index (χ4n) is 4.30. The minimum Gasteiger partial charge on any atom is -0.366 e. The lowest BCUT2D eigenvalue weighted by atomic mass is 10.0. The second-order valence-corrected chi connectivity index (χ2v) is 9.49. The monoisotopic (exact) mass is 423 g/mol. The molecule has 2 amide bonds. The minimum absolute atomic E-state index is 0.220. The van der Waals surface area contributed by atoms with Crippen molar-refractivity contribution in [3.8, 4) is 0 Å². The number of likely N-dealkylation sites (N-methyl/N-ethyl adjacent to an activating group) is 1. The predicted molar refractivity (Wildman–Crippen MR) is 123 cm³/mol. The van der Waals surface area contributed by atoms with Gasteiger partial charge in [-0.3, -0.25) is 9.59 Å². The largest absolute Gasteiger partial charge is 0.366 e. The lowest BCUT2D eigenvalue weighted by molar-refractivity contribution is -0.120. The van der Waals surface area contributed by atoms with Gasteiger partial charge >= 0.3 is 0 Å². The smallest absolute Gasteiger partial charge is 0.282 e. The second-order valence-electron chi connectivity index (χ2n) is 8.54. The first-order valence-corrected chi connectivity index (χ1v) is 11.4. The van der Waals surface area contributed by atoms with Crippen LogP contribution in [-0.2, 0) is 9.59 Å². The number of nitrogens with zero attached hydrogens (tertiary/aromatic N) is 3. The van der Waals surface area contributed by atoms with E-state index in [0.29, 0.717) is 22.9 Å². The summed E-state index contributed by atoms with van der Waals surface area (Å²) in [5.41, 5.74) is 2.89. The third-order valence-electron chi connectivity index (χ3n) is 6.23. The Balaban J connectivity index is 1.71. The molecule has 3 heterocycles. The summed E-state index contributed by atoms with van der Waals surface area (Å²) < 4.78 is 0. The Kier molecular flexibility index (Phi) is 5.80. The van der Waals surface area contributed by atoms with Crippen LogP contribution in [0, 0.1) is 0 Å². The Bertz CT molecular complexity index is 955. The average Bonchev–Trinajstić information content (AvgIpc) is 3.34. The third-order valence-corrected chi connectivity index (χ3v) is 7.12. The van der Waals surface area contributed by atoms with Crippen molar-refractivity contribution < 1.29 is 9.59 Å². The molecule has 30 heavy (non-hydrogen) atoms. The number of benzene rings is 1. The van der Waals surface area contributed by atoms with E-state index in [0.717, 1.165) is 30.8 Å². The Morgan fingerprint density at radius 1 is 1.03 bits per heavy atom. The number of carbonyl (C=O) groups excluding carboxylic acids is 2. The zero-order chi connectivity index (χ0) is 21.4. The van der Waals surface area contributed by atoms with E-state index in [1.807, 2.05) is 48.8 Å². The van der Waals surface area contributed by atoms with Crippen molar-refractivity contribution >= 4 is 34.4 Å². The maximum absolute atomic E-state index is 13.6. The first-order valence-electron chi connectivity index (χ1n) is 10.6. The molecular weight excluding hydrogens is 394 g/mol. The molecule has 5 nitrogen and oxygen atoms in total. The van der Waals surface area contributed by atoms with Crippen molar-refractivity contribution in [3.63, 3.8) is 0 Å². The van der Waals surface area contributed by atoms with Crippen molar-refractivity contribution in [2.75, 3.05) is 32.1 Å². The summed E-state index contributed by atoms with van der Waals surface area (Å²) >= 11 is 1.51. The molecule has 0 radical (unpaired) electrons. The van der Waals surface area contributed by atoms with E-state index in [4.69, 9.17) is 0 Å². The number of hydrogen-bond donors (Lipinski definition) is 0. The fourth-order valence-corrected chi connectivity index (χ4v) is 5.06. The Morgan fingerprint density at radius 3 is 2.27 bits per heavy atom. The normalized spacial score (nSPS) is 18.8. The molecule has 0 aliphatic carbocycles. The van der Waals surface area contributed by atoms with Crippen molar-refractivity contribution in [1.82, 2.24) is 9.80 Å². The van der Waals surface area contributed by atoms with Gasteiger partial charge in [-0.2, -0.15) is 0 Å². The molecule has 0 spiro atoms. The van der Waals surface area contributed by atoms with Gasteiger partial charge in [0.25, 0.3) is 11.8 Å². The van der Waals surface area contributed by atoms with Crippen molar-refractivity contribution in [2.24, 2.45) is 0 Å². The van der Waals surface area contributed by atoms with Crippen LogP contribution in [0.3, 0.4) is 0 Å². The highest BCUT2D eigenvalue weighted by Crippen LogP contribution is 2.37. The summed E-state index contributed by atoms with van der Waals surface area (Å²) in [5.74, 6) is -0.0494. The van der Waals surface area contributed by atoms with Crippen molar-refractivity contribution in [3.05, 3.63) is 57.9 Å². The molecule has 0 saturated carbocycles. The number of rotatable bonds is 5. The van der Waals surface area contributed by atoms with Crippen molar-refractivity contribution in [2.45, 2.75) is 38.6 Å². The van der Waals surface area contributed by atoms with Crippen LogP contribution >= 0.6 is 11.3 Å². The number of carbonyl (C=O) groups is 2. The lowest BCUT2D eigenvalue weighted by Gasteiger charge is -2.36. The van der Waals surface area contributed by atoms with Gasteiger partial charge in [-0.15, -0.1) is 11.3 Å². The molecule has 2 aliphatic heterocycles. The first-order chi connectivity index (χ1) is 14.4. The van der Waals surface area contributed by atoms with E-state index in [9.17, 15) is 9.59 Å². The molecule has 6 heteroatoms. The molecule has 1 saturated heterocycles. The van der Waals surface area contributed by atoms with Crippen LogP contribution in [0.5, 0.6) is 0 Å². The summed E-state index contributed by atoms with van der Waals surface area (Å²) in [6, 6.07) is 11.9. The molecule has 0 bridgehead atoms. The number of likely N-dealkylation sites (tertiary alicyclic amines) is 1. The number of piperidine rings is 1. The number of amides is 2. The second kappa shape index (κ2) is 8.36. The van der Waals surface area contributed by atoms with Gasteiger partial charge in [0, 0.05) is 18.0 Å². The van der Waals surface area contributed by atoms with Gasteiger partial charge in [-0.05, 0) is 68.0 Å². The van der Waals surface area contributed by atoms with E-state index >= 15 is 0 Å². The summed E-state index contributed by atoms with van der Waals surface area (Å²) in [4.78, 5) is 33.7. The first kappa shape index (κ1) is 20.8. The molecule has 2 aliphatic rings. The summed E-state index contributed by atoms with van der Waals surface area (Å²) in [5, 5.41) is 1.95. The summed E-state index contributed by atoms with van der Waals surface area (Å²) in [6.45, 7) is 6.26. The molecular formula is C24H29N3O2S. The topological polar surface area (TPSA) is 43.9 Å². The van der Waals surface area contributed by atoms with Crippen LogP contribution in [0.1, 0.15) is 43.0 Å². The zero-order valence-corrected chi connectivity index (χ0v) is 18.9. The van der Waals surface area contributed by atoms with Crippen LogP contribution in [0.15, 0.2) is 47.5 Å². The van der Waals surface area contributed by atoms with E-state index in [1.54, 1.807) is 0 Å². The average molecular weight is 424 g/mol. The molecule has 0 atom stereocenters. The maximum atomic E-state index is 13.6. The molecule has 2 aromatic rings. The third kappa shape index (κ3) is 3.70. The van der Waals surface area contributed by atoms with Crippen LogP contribution < -0.4 is 4.90 Å². The quantitative estimate of drug-likeness (QED) is 0.677. The molecule has 4 rings (SSSR count). The summed E-state index contributed by atoms with van der Waals surface area (Å²) in [7, 11) is 4.09. The van der Waals surface area contributed by atoms with E-state index in [2.05, 4.69) is 30.7 Å². The lowest BCUT2D eigenvalue weighted by Crippen LogP contribution is -2.43. The Morgan fingerprint density at radius 2 is 1.70 bits per heavy atom. The van der Waals surface area contributed by atoms with Crippen LogP contribution in [0.4, 0.5) is 5.69 Å². The maximum Gasteiger partial charge on any atom is 0.282 e. The molecule has 0 unspecified atom stereocenters. The number of hydrogen-bond acceptors (Lipinski definition) is 5. The number of imide groups is 1. The minimum atomic E-state index is -0.227. The zero-order valence-electron chi connectivity index (χ0n) is 18.1. The standard InChI is InChI=1S/C24H29N3O2S/c1-16(2)17-7-9-19(10-8-17)27-23(28)21(20-6-5-15-30-20)22(24(27)29)26(4)18-11-13-25(3)14-12-18/h5-10,15-16,18H,11-14H2,1-4H3. The molecule has 1 aromatic heterocycles. The van der Waals surface area contributed by atoms with Crippen molar-refractivity contribution in [1.29, 1.82) is 0 Å². The van der Waals surface area contributed by atoms with Gasteiger partial charge in [-0.1, -0.05) is 32.0 Å². The van der Waals surface area contributed by atoms with Crippen LogP contribution in [-0.4, -0.2) is 54.8 Å². The Labute approximate surface area is 182 Å². The fraction of sp³-hybridized carbons (Fsp3) is 0.417. The molecule has 1 fully saturated rings. The van der Waals surface area contributed by atoms with Gasteiger partial charge in [-0.25, -0.2) is 4.90 Å². The number of thiophene rings is 1. The van der Waals surface area contributed by atoms with E-state index < -0.39 is 0 Å². The van der Waals surface area contributed by atoms with Gasteiger partial charge in [0.15, 0.2) is 0 Å².